The van der Waals surface area contributed by atoms with E-state index >= 15 is 0 Å². The number of nitrogens with zero attached hydrogens (tertiary/aromatic N) is 2. The average molecular weight is 494 g/mol. The van der Waals surface area contributed by atoms with Crippen molar-refractivity contribution in [1.29, 1.82) is 0 Å². The monoisotopic (exact) mass is 494 g/mol. The third-order valence-corrected chi connectivity index (χ3v) is 4.62. The Morgan fingerprint density at radius 1 is 1.04 bits per heavy atom. The Labute approximate surface area is 183 Å². The molecule has 1 heterocycles. The van der Waals surface area contributed by atoms with Gasteiger partial charge in [-0.25, -0.2) is 0 Å². The SMILES string of the molecule is CN=C(NCc1ccc(OC)cc1)NCc1ccc(N2CCCC2=O)cc1.I. The molecule has 0 aromatic heterocycles. The fourth-order valence-electron chi connectivity index (χ4n) is 3.05. The van der Waals surface area contributed by atoms with Gasteiger partial charge in [0, 0.05) is 38.8 Å². The fourth-order valence-corrected chi connectivity index (χ4v) is 3.05. The van der Waals surface area contributed by atoms with Gasteiger partial charge in [0.15, 0.2) is 5.96 Å². The van der Waals surface area contributed by atoms with Gasteiger partial charge in [-0.3, -0.25) is 9.79 Å². The molecule has 0 spiro atoms. The van der Waals surface area contributed by atoms with Crippen LogP contribution in [0.25, 0.3) is 0 Å². The normalized spacial score (nSPS) is 13.9. The van der Waals surface area contributed by atoms with Crippen LogP contribution < -0.4 is 20.3 Å². The number of ether oxygens (including phenoxy) is 1. The van der Waals surface area contributed by atoms with Gasteiger partial charge in [-0.2, -0.15) is 0 Å². The van der Waals surface area contributed by atoms with Gasteiger partial charge >= 0.3 is 0 Å². The van der Waals surface area contributed by atoms with Crippen LogP contribution in [-0.4, -0.2) is 32.6 Å². The Hall–Kier alpha value is -2.29. The molecule has 2 aromatic rings. The summed E-state index contributed by atoms with van der Waals surface area (Å²) in [4.78, 5) is 17.9. The first-order valence-electron chi connectivity index (χ1n) is 9.16. The van der Waals surface area contributed by atoms with Gasteiger partial charge in [-0.05, 0) is 41.8 Å². The highest BCUT2D eigenvalue weighted by Gasteiger charge is 2.21. The summed E-state index contributed by atoms with van der Waals surface area (Å²) >= 11 is 0. The molecule has 1 saturated heterocycles. The predicted octanol–water partition coefficient (Wildman–Crippen LogP) is 3.31. The maximum absolute atomic E-state index is 11.8. The molecule has 0 aliphatic carbocycles. The minimum Gasteiger partial charge on any atom is -0.497 e. The van der Waals surface area contributed by atoms with Crippen molar-refractivity contribution < 1.29 is 9.53 Å². The molecule has 1 amide bonds. The molecule has 0 saturated carbocycles. The van der Waals surface area contributed by atoms with Crippen LogP contribution in [0.15, 0.2) is 53.5 Å². The second-order valence-electron chi connectivity index (χ2n) is 6.44. The lowest BCUT2D eigenvalue weighted by Crippen LogP contribution is -2.36. The standard InChI is InChI=1S/C21H26N4O2.HI/c1-22-21(24-15-17-7-11-19(27-2)12-8-17)23-14-16-5-9-18(10-6-16)25-13-3-4-20(25)26;/h5-12H,3-4,13-15H2,1-2H3,(H2,22,23,24);1H. The zero-order chi connectivity index (χ0) is 19.1. The topological polar surface area (TPSA) is 66.0 Å². The fraction of sp³-hybridized carbons (Fsp3) is 0.333. The third-order valence-electron chi connectivity index (χ3n) is 4.62. The van der Waals surface area contributed by atoms with Gasteiger partial charge in [0.2, 0.25) is 5.91 Å². The molecule has 150 valence electrons. The number of guanidine groups is 1. The van der Waals surface area contributed by atoms with Gasteiger partial charge in [0.1, 0.15) is 5.75 Å². The van der Waals surface area contributed by atoms with E-state index in [4.69, 9.17) is 4.74 Å². The Morgan fingerprint density at radius 3 is 2.07 bits per heavy atom. The highest BCUT2D eigenvalue weighted by atomic mass is 127. The maximum Gasteiger partial charge on any atom is 0.227 e. The summed E-state index contributed by atoms with van der Waals surface area (Å²) in [6, 6.07) is 16.0. The number of benzene rings is 2. The first-order valence-corrected chi connectivity index (χ1v) is 9.16. The molecular formula is C21H27IN4O2. The molecular weight excluding hydrogens is 467 g/mol. The summed E-state index contributed by atoms with van der Waals surface area (Å²) in [5, 5.41) is 6.61. The molecule has 7 heteroatoms. The predicted molar refractivity (Wildman–Crippen MR) is 123 cm³/mol. The number of amides is 1. The van der Waals surface area contributed by atoms with Crippen molar-refractivity contribution in [2.45, 2.75) is 25.9 Å². The van der Waals surface area contributed by atoms with E-state index in [0.29, 0.717) is 19.5 Å². The number of methoxy groups -OCH3 is 1. The van der Waals surface area contributed by atoms with Crippen LogP contribution in [0.1, 0.15) is 24.0 Å². The molecule has 0 atom stereocenters. The number of carbonyl (C=O) groups is 1. The second kappa shape index (κ2) is 10.9. The van der Waals surface area contributed by atoms with Crippen LogP contribution in [0.3, 0.4) is 0 Å². The van der Waals surface area contributed by atoms with Crippen molar-refractivity contribution in [3.63, 3.8) is 0 Å². The van der Waals surface area contributed by atoms with Gasteiger partial charge < -0.3 is 20.3 Å². The molecule has 1 aliphatic rings. The van der Waals surface area contributed by atoms with E-state index in [1.54, 1.807) is 14.2 Å². The molecule has 6 nitrogen and oxygen atoms in total. The smallest absolute Gasteiger partial charge is 0.227 e. The minimum atomic E-state index is 0. The van der Waals surface area contributed by atoms with Gasteiger partial charge in [-0.1, -0.05) is 24.3 Å². The first-order chi connectivity index (χ1) is 13.2. The van der Waals surface area contributed by atoms with Crippen LogP contribution in [0.5, 0.6) is 5.75 Å². The van der Waals surface area contributed by atoms with E-state index in [1.165, 1.54) is 0 Å². The van der Waals surface area contributed by atoms with Crippen LogP contribution in [-0.2, 0) is 17.9 Å². The van der Waals surface area contributed by atoms with Crippen LogP contribution in [0.4, 0.5) is 5.69 Å². The molecule has 1 fully saturated rings. The van der Waals surface area contributed by atoms with Crippen LogP contribution in [0, 0.1) is 0 Å². The van der Waals surface area contributed by atoms with Gasteiger partial charge in [0.25, 0.3) is 0 Å². The summed E-state index contributed by atoms with van der Waals surface area (Å²) in [5.74, 6) is 1.80. The van der Waals surface area contributed by atoms with Crippen molar-refractivity contribution in [3.05, 3.63) is 59.7 Å². The molecule has 0 radical (unpaired) electrons. The Morgan fingerprint density at radius 2 is 1.61 bits per heavy atom. The largest absolute Gasteiger partial charge is 0.497 e. The number of rotatable bonds is 6. The summed E-state index contributed by atoms with van der Waals surface area (Å²) in [6.45, 7) is 2.16. The zero-order valence-electron chi connectivity index (χ0n) is 16.3. The van der Waals surface area contributed by atoms with Crippen molar-refractivity contribution in [3.8, 4) is 5.75 Å². The van der Waals surface area contributed by atoms with Crippen molar-refractivity contribution in [2.24, 2.45) is 4.99 Å². The lowest BCUT2D eigenvalue weighted by atomic mass is 10.2. The summed E-state index contributed by atoms with van der Waals surface area (Å²) < 4.78 is 5.17. The van der Waals surface area contributed by atoms with E-state index in [1.807, 2.05) is 53.4 Å². The average Bonchev–Trinajstić information content (AvgIpc) is 3.15. The number of carbonyl (C=O) groups excluding carboxylic acids is 1. The lowest BCUT2D eigenvalue weighted by Gasteiger charge is -2.16. The molecule has 28 heavy (non-hydrogen) atoms. The number of halogens is 1. The van der Waals surface area contributed by atoms with E-state index < -0.39 is 0 Å². The maximum atomic E-state index is 11.8. The number of hydrogen-bond acceptors (Lipinski definition) is 3. The number of hydrogen-bond donors (Lipinski definition) is 2. The van der Waals surface area contributed by atoms with Gasteiger partial charge in [0.05, 0.1) is 7.11 Å². The van der Waals surface area contributed by atoms with Crippen LogP contribution in [0.2, 0.25) is 0 Å². The molecule has 0 bridgehead atoms. The zero-order valence-corrected chi connectivity index (χ0v) is 18.6. The lowest BCUT2D eigenvalue weighted by molar-refractivity contribution is -0.117. The molecule has 1 aliphatic heterocycles. The number of aliphatic imine (C=N–C) groups is 1. The van der Waals surface area contributed by atoms with Crippen molar-refractivity contribution in [1.82, 2.24) is 10.6 Å². The summed E-state index contributed by atoms with van der Waals surface area (Å²) in [7, 11) is 3.42. The highest BCUT2D eigenvalue weighted by molar-refractivity contribution is 14.0. The molecule has 0 unspecified atom stereocenters. The van der Waals surface area contributed by atoms with Crippen LogP contribution >= 0.6 is 24.0 Å². The third kappa shape index (κ3) is 5.85. The molecule has 2 aromatic carbocycles. The Balaban J connectivity index is 0.00000280. The first kappa shape index (κ1) is 22.0. The Kier molecular flexibility index (Phi) is 8.56. The van der Waals surface area contributed by atoms with E-state index in [-0.39, 0.29) is 29.9 Å². The van der Waals surface area contributed by atoms with E-state index in [0.717, 1.165) is 41.5 Å². The van der Waals surface area contributed by atoms with E-state index in [2.05, 4.69) is 15.6 Å². The van der Waals surface area contributed by atoms with E-state index in [9.17, 15) is 4.79 Å². The number of nitrogens with one attached hydrogen (secondary N) is 2. The molecule has 3 rings (SSSR count). The van der Waals surface area contributed by atoms with Gasteiger partial charge in [-0.15, -0.1) is 24.0 Å². The highest BCUT2D eigenvalue weighted by Crippen LogP contribution is 2.21. The minimum absolute atomic E-state index is 0. The van der Waals surface area contributed by atoms with Crippen molar-refractivity contribution >= 4 is 41.5 Å². The number of anilines is 1. The molecule has 2 N–H and O–H groups in total. The summed E-state index contributed by atoms with van der Waals surface area (Å²) in [5.41, 5.74) is 3.26. The van der Waals surface area contributed by atoms with Crippen molar-refractivity contribution in [2.75, 3.05) is 25.6 Å². The quantitative estimate of drug-likeness (QED) is 0.368. The Bertz CT molecular complexity index is 791. The summed E-state index contributed by atoms with van der Waals surface area (Å²) in [6.07, 6.45) is 1.60. The second-order valence-corrected chi connectivity index (χ2v) is 6.44.